The molecule has 2 aliphatic heterocycles. The van der Waals surface area contributed by atoms with Gasteiger partial charge < -0.3 is 15.5 Å². The van der Waals surface area contributed by atoms with Crippen molar-refractivity contribution >= 4 is 17.7 Å². The van der Waals surface area contributed by atoms with Gasteiger partial charge in [0.15, 0.2) is 0 Å². The Balaban J connectivity index is 1.48. The first-order valence-corrected chi connectivity index (χ1v) is 12.6. The van der Waals surface area contributed by atoms with Gasteiger partial charge >= 0.3 is 6.18 Å². The number of fused-ring (bicyclic) bond motifs is 1. The monoisotopic (exact) mass is 511 g/mol. The topological polar surface area (TPSA) is 114 Å². The Hall–Kier alpha value is -2.35. The van der Waals surface area contributed by atoms with Gasteiger partial charge in [-0.05, 0) is 48.3 Å². The summed E-state index contributed by atoms with van der Waals surface area (Å²) in [6.45, 7) is 8.02. The van der Waals surface area contributed by atoms with Crippen LogP contribution in [-0.4, -0.2) is 65.6 Å². The second-order valence-corrected chi connectivity index (χ2v) is 12.8. The first kappa shape index (κ1) is 26.7. The fourth-order valence-electron chi connectivity index (χ4n) is 6.30. The van der Waals surface area contributed by atoms with Crippen LogP contribution in [0, 0.1) is 39.9 Å². The summed E-state index contributed by atoms with van der Waals surface area (Å²) in [6.07, 6.45) is -1.81. The lowest BCUT2D eigenvalue weighted by atomic mass is 9.85. The highest BCUT2D eigenvalue weighted by Gasteiger charge is 2.69. The molecule has 0 radical (unpaired) electrons. The predicted molar refractivity (Wildman–Crippen MR) is 124 cm³/mol. The van der Waals surface area contributed by atoms with Gasteiger partial charge in [0.25, 0.3) is 0 Å². The van der Waals surface area contributed by atoms with E-state index in [9.17, 15) is 32.8 Å². The standard InChI is InChI=1S/C25H36F3N5O3/c1-22(2,3)18(30-12-25(26,27)28)21(36)33-11-15-16(23(15,4)5)17(33)20(35)31-14(10-29)8-13-9-24(6-7-24)32-19(13)34/h13-18,30H,6-9,11-12H2,1-5H3,(H,31,35)(H,32,34). The highest BCUT2D eigenvalue weighted by molar-refractivity contribution is 5.92. The SMILES string of the molecule is CC(C)(C)C(NCC(F)(F)F)C(=O)N1CC2C(C1C(=O)NC(C#N)CC1CC3(CC3)NC1=O)C2(C)C. The number of carbonyl (C=O) groups excluding carboxylic acids is 3. The number of hydrogen-bond acceptors (Lipinski definition) is 5. The maximum atomic E-state index is 13.6. The number of nitriles is 1. The van der Waals surface area contributed by atoms with Crippen molar-refractivity contribution < 1.29 is 27.6 Å². The van der Waals surface area contributed by atoms with E-state index in [1.807, 2.05) is 13.8 Å². The molecule has 200 valence electrons. The second-order valence-electron chi connectivity index (χ2n) is 12.8. The Bertz CT molecular complexity index is 979. The van der Waals surface area contributed by atoms with Crippen molar-refractivity contribution in [2.75, 3.05) is 13.1 Å². The molecule has 0 aromatic heterocycles. The average molecular weight is 512 g/mol. The Morgan fingerprint density at radius 2 is 1.89 bits per heavy atom. The minimum absolute atomic E-state index is 0.0521. The van der Waals surface area contributed by atoms with Crippen LogP contribution in [0.3, 0.4) is 0 Å². The second kappa shape index (κ2) is 8.61. The van der Waals surface area contributed by atoms with E-state index in [1.165, 1.54) is 4.90 Å². The summed E-state index contributed by atoms with van der Waals surface area (Å²) < 4.78 is 38.8. The van der Waals surface area contributed by atoms with Crippen LogP contribution in [0.4, 0.5) is 13.2 Å². The van der Waals surface area contributed by atoms with Crippen molar-refractivity contribution in [3.05, 3.63) is 0 Å². The van der Waals surface area contributed by atoms with Gasteiger partial charge in [-0.15, -0.1) is 0 Å². The third kappa shape index (κ3) is 5.06. The molecule has 4 rings (SSSR count). The summed E-state index contributed by atoms with van der Waals surface area (Å²) in [5.41, 5.74) is -1.16. The zero-order chi connectivity index (χ0) is 26.8. The quantitative estimate of drug-likeness (QED) is 0.485. The Labute approximate surface area is 209 Å². The highest BCUT2D eigenvalue weighted by Crippen LogP contribution is 2.65. The van der Waals surface area contributed by atoms with Crippen LogP contribution in [0.1, 0.15) is 60.3 Å². The number of rotatable bonds is 7. The van der Waals surface area contributed by atoms with Crippen molar-refractivity contribution in [2.45, 2.75) is 90.1 Å². The summed E-state index contributed by atoms with van der Waals surface area (Å²) in [4.78, 5) is 40.8. The van der Waals surface area contributed by atoms with Crippen LogP contribution in [0.15, 0.2) is 0 Å². The van der Waals surface area contributed by atoms with Gasteiger partial charge in [-0.2, -0.15) is 18.4 Å². The zero-order valence-electron chi connectivity index (χ0n) is 21.5. The van der Waals surface area contributed by atoms with Crippen molar-refractivity contribution in [2.24, 2.45) is 28.6 Å². The molecule has 0 aromatic rings. The maximum Gasteiger partial charge on any atom is 0.401 e. The number of nitrogens with one attached hydrogen (secondary N) is 3. The molecule has 8 nitrogen and oxygen atoms in total. The Morgan fingerprint density at radius 3 is 2.39 bits per heavy atom. The van der Waals surface area contributed by atoms with Gasteiger partial charge in [0.2, 0.25) is 17.7 Å². The van der Waals surface area contributed by atoms with E-state index in [4.69, 9.17) is 0 Å². The zero-order valence-corrected chi connectivity index (χ0v) is 21.5. The Kier molecular flexibility index (Phi) is 6.38. The molecule has 4 aliphatic rings. The van der Waals surface area contributed by atoms with Crippen LogP contribution in [-0.2, 0) is 14.4 Å². The summed E-state index contributed by atoms with van der Waals surface area (Å²) >= 11 is 0. The van der Waals surface area contributed by atoms with E-state index in [-0.39, 0.29) is 47.6 Å². The molecule has 6 atom stereocenters. The van der Waals surface area contributed by atoms with Crippen LogP contribution in [0.2, 0.25) is 0 Å². The molecule has 0 aromatic carbocycles. The number of likely N-dealkylation sites (tertiary alicyclic amines) is 1. The van der Waals surface area contributed by atoms with E-state index in [1.54, 1.807) is 20.8 Å². The van der Waals surface area contributed by atoms with Crippen molar-refractivity contribution in [1.82, 2.24) is 20.9 Å². The van der Waals surface area contributed by atoms with Crippen LogP contribution in [0.25, 0.3) is 0 Å². The average Bonchev–Trinajstić information content (AvgIpc) is 3.45. The lowest BCUT2D eigenvalue weighted by Gasteiger charge is -2.38. The fraction of sp³-hybridized carbons (Fsp3) is 0.840. The van der Waals surface area contributed by atoms with E-state index >= 15 is 0 Å². The molecule has 3 amide bonds. The minimum atomic E-state index is -4.48. The molecule has 11 heteroatoms. The first-order valence-electron chi connectivity index (χ1n) is 12.6. The number of halogens is 3. The molecule has 3 N–H and O–H groups in total. The van der Waals surface area contributed by atoms with Crippen molar-refractivity contribution in [3.8, 4) is 6.07 Å². The number of carbonyl (C=O) groups is 3. The van der Waals surface area contributed by atoms with Crippen LogP contribution < -0.4 is 16.0 Å². The summed E-state index contributed by atoms with van der Waals surface area (Å²) in [5.74, 6) is -1.59. The van der Waals surface area contributed by atoms with Gasteiger partial charge in [-0.1, -0.05) is 34.6 Å². The molecule has 2 aliphatic carbocycles. The highest BCUT2D eigenvalue weighted by atomic mass is 19.4. The largest absolute Gasteiger partial charge is 0.401 e. The Morgan fingerprint density at radius 1 is 1.25 bits per heavy atom. The first-order chi connectivity index (χ1) is 16.5. The molecular formula is C25H36F3N5O3. The third-order valence-electron chi connectivity index (χ3n) is 8.62. The van der Waals surface area contributed by atoms with Gasteiger partial charge in [-0.25, -0.2) is 0 Å². The molecule has 36 heavy (non-hydrogen) atoms. The number of amides is 3. The van der Waals surface area contributed by atoms with Crippen LogP contribution >= 0.6 is 0 Å². The van der Waals surface area contributed by atoms with Gasteiger partial charge in [0.05, 0.1) is 18.7 Å². The minimum Gasteiger partial charge on any atom is -0.350 e. The molecule has 2 saturated carbocycles. The maximum absolute atomic E-state index is 13.6. The molecular weight excluding hydrogens is 475 g/mol. The van der Waals surface area contributed by atoms with Crippen LogP contribution in [0.5, 0.6) is 0 Å². The molecule has 4 fully saturated rings. The molecule has 1 spiro atoms. The van der Waals surface area contributed by atoms with Crippen molar-refractivity contribution in [1.29, 1.82) is 5.26 Å². The molecule has 2 heterocycles. The van der Waals surface area contributed by atoms with Gasteiger partial charge in [0.1, 0.15) is 12.1 Å². The number of hydrogen-bond donors (Lipinski definition) is 3. The molecule has 0 bridgehead atoms. The summed E-state index contributed by atoms with van der Waals surface area (Å²) in [7, 11) is 0. The van der Waals surface area contributed by atoms with E-state index in [0.717, 1.165) is 12.8 Å². The number of alkyl halides is 3. The summed E-state index contributed by atoms with van der Waals surface area (Å²) in [6, 6.07) is -0.842. The lowest BCUT2D eigenvalue weighted by molar-refractivity contribution is -0.147. The summed E-state index contributed by atoms with van der Waals surface area (Å²) in [5, 5.41) is 17.8. The third-order valence-corrected chi connectivity index (χ3v) is 8.62. The van der Waals surface area contributed by atoms with Gasteiger partial charge in [-0.3, -0.25) is 19.7 Å². The predicted octanol–water partition coefficient (Wildman–Crippen LogP) is 2.10. The fourth-order valence-corrected chi connectivity index (χ4v) is 6.30. The van der Waals surface area contributed by atoms with E-state index < -0.39 is 48.1 Å². The van der Waals surface area contributed by atoms with Crippen molar-refractivity contribution in [3.63, 3.8) is 0 Å². The van der Waals surface area contributed by atoms with Gasteiger partial charge in [0, 0.05) is 18.0 Å². The number of piperidine rings is 1. The smallest absolute Gasteiger partial charge is 0.350 e. The lowest BCUT2D eigenvalue weighted by Crippen LogP contribution is -2.59. The molecule has 6 unspecified atom stereocenters. The normalized spacial score (nSPS) is 31.3. The van der Waals surface area contributed by atoms with E-state index in [0.29, 0.717) is 6.42 Å². The number of nitrogens with zero attached hydrogens (tertiary/aromatic N) is 2. The van der Waals surface area contributed by atoms with E-state index in [2.05, 4.69) is 22.0 Å². The molecule has 2 saturated heterocycles.